The molecular formula is C41H35N3. The standard InChI is InChI=1S/C41H35N3/c1-28-15-14-24-38-40(28)39(44-36-22-12-10-20-32(36)41(2,3)33-21-11-13-23-37(33)44)27-43(38)31-25-34(29-16-6-4-7-17-29)42-35(26-31)30-18-8-5-9-19-30/h4-14,16-28H,15H2,1-3H3. The van der Waals surface area contributed by atoms with E-state index in [0.717, 1.165) is 34.6 Å². The van der Waals surface area contributed by atoms with Crippen molar-refractivity contribution >= 4 is 23.1 Å². The molecule has 1 unspecified atom stereocenters. The maximum absolute atomic E-state index is 5.16. The predicted molar refractivity (Wildman–Crippen MR) is 183 cm³/mol. The molecule has 0 fully saturated rings. The van der Waals surface area contributed by atoms with Crippen molar-refractivity contribution in [2.75, 3.05) is 4.90 Å². The molecule has 1 atom stereocenters. The third-order valence-corrected chi connectivity index (χ3v) is 9.43. The quantitative estimate of drug-likeness (QED) is 0.211. The molecule has 0 spiro atoms. The van der Waals surface area contributed by atoms with E-state index in [4.69, 9.17) is 4.98 Å². The molecule has 214 valence electrons. The zero-order valence-electron chi connectivity index (χ0n) is 25.4. The van der Waals surface area contributed by atoms with E-state index in [9.17, 15) is 0 Å². The van der Waals surface area contributed by atoms with Crippen molar-refractivity contribution in [1.29, 1.82) is 0 Å². The summed E-state index contributed by atoms with van der Waals surface area (Å²) in [7, 11) is 0. The Hall–Kier alpha value is -5.15. The minimum Gasteiger partial charge on any atom is -0.315 e. The van der Waals surface area contributed by atoms with Gasteiger partial charge in [-0.1, -0.05) is 124 Å². The summed E-state index contributed by atoms with van der Waals surface area (Å²) in [6.45, 7) is 7.06. The number of benzene rings is 4. The zero-order chi connectivity index (χ0) is 29.8. The predicted octanol–water partition coefficient (Wildman–Crippen LogP) is 10.8. The second-order valence-electron chi connectivity index (χ2n) is 12.5. The molecule has 0 saturated heterocycles. The van der Waals surface area contributed by atoms with Gasteiger partial charge in [-0.25, -0.2) is 4.98 Å². The lowest BCUT2D eigenvalue weighted by Crippen LogP contribution is -2.30. The van der Waals surface area contributed by atoms with E-state index in [1.54, 1.807) is 0 Å². The zero-order valence-corrected chi connectivity index (χ0v) is 25.4. The molecule has 3 nitrogen and oxygen atoms in total. The maximum Gasteiger partial charge on any atom is 0.0730 e. The van der Waals surface area contributed by atoms with E-state index in [0.29, 0.717) is 5.92 Å². The Morgan fingerprint density at radius 2 is 1.18 bits per heavy atom. The fourth-order valence-electron chi connectivity index (χ4n) is 7.19. The van der Waals surface area contributed by atoms with Crippen LogP contribution in [0.5, 0.6) is 0 Å². The van der Waals surface area contributed by atoms with Gasteiger partial charge in [0.25, 0.3) is 0 Å². The van der Waals surface area contributed by atoms with E-state index in [-0.39, 0.29) is 5.41 Å². The van der Waals surface area contributed by atoms with Crippen LogP contribution in [-0.2, 0) is 5.41 Å². The van der Waals surface area contributed by atoms with Gasteiger partial charge < -0.3 is 9.47 Å². The molecule has 8 rings (SSSR count). The summed E-state index contributed by atoms with van der Waals surface area (Å²) in [4.78, 5) is 7.67. The van der Waals surface area contributed by atoms with Gasteiger partial charge in [-0.15, -0.1) is 0 Å². The minimum atomic E-state index is -0.0991. The van der Waals surface area contributed by atoms with E-state index in [1.165, 1.54) is 39.4 Å². The summed E-state index contributed by atoms with van der Waals surface area (Å²) >= 11 is 0. The van der Waals surface area contributed by atoms with Crippen molar-refractivity contribution in [3.63, 3.8) is 0 Å². The topological polar surface area (TPSA) is 21.1 Å². The van der Waals surface area contributed by atoms with Crippen molar-refractivity contribution in [2.24, 2.45) is 0 Å². The highest BCUT2D eigenvalue weighted by atomic mass is 15.2. The average molecular weight is 570 g/mol. The smallest absolute Gasteiger partial charge is 0.0730 e. The second-order valence-corrected chi connectivity index (χ2v) is 12.5. The van der Waals surface area contributed by atoms with Crippen molar-refractivity contribution in [3.05, 3.63) is 156 Å². The Kier molecular flexibility index (Phi) is 6.16. The van der Waals surface area contributed by atoms with Crippen LogP contribution in [0.15, 0.2) is 134 Å². The van der Waals surface area contributed by atoms with Crippen LogP contribution < -0.4 is 4.90 Å². The fourth-order valence-corrected chi connectivity index (χ4v) is 7.19. The van der Waals surface area contributed by atoms with Crippen LogP contribution >= 0.6 is 0 Å². The molecular weight excluding hydrogens is 534 g/mol. The highest BCUT2D eigenvalue weighted by Crippen LogP contribution is 2.54. The van der Waals surface area contributed by atoms with Crippen LogP contribution in [0.25, 0.3) is 34.3 Å². The number of hydrogen-bond acceptors (Lipinski definition) is 2. The van der Waals surface area contributed by atoms with Gasteiger partial charge in [0.2, 0.25) is 0 Å². The van der Waals surface area contributed by atoms with Crippen LogP contribution in [0.3, 0.4) is 0 Å². The van der Waals surface area contributed by atoms with Crippen molar-refractivity contribution in [1.82, 2.24) is 9.55 Å². The molecule has 0 bridgehead atoms. The Labute approximate surface area is 259 Å². The molecule has 2 aromatic heterocycles. The molecule has 3 heteroatoms. The molecule has 0 N–H and O–H groups in total. The highest BCUT2D eigenvalue weighted by Gasteiger charge is 2.38. The van der Waals surface area contributed by atoms with E-state index in [1.807, 2.05) is 0 Å². The first-order valence-electron chi connectivity index (χ1n) is 15.5. The molecule has 1 aliphatic heterocycles. The number of aromatic nitrogens is 2. The lowest BCUT2D eigenvalue weighted by Gasteiger charge is -2.42. The van der Waals surface area contributed by atoms with Crippen LogP contribution in [-0.4, -0.2) is 9.55 Å². The number of fused-ring (bicyclic) bond motifs is 3. The largest absolute Gasteiger partial charge is 0.315 e. The van der Waals surface area contributed by atoms with E-state index in [2.05, 4.69) is 170 Å². The van der Waals surface area contributed by atoms with Crippen molar-refractivity contribution < 1.29 is 0 Å². The summed E-state index contributed by atoms with van der Waals surface area (Å²) < 4.78 is 2.39. The number of nitrogens with zero attached hydrogens (tertiary/aromatic N) is 3. The summed E-state index contributed by atoms with van der Waals surface area (Å²) in [6.07, 6.45) is 8.02. The molecule has 0 radical (unpaired) electrons. The first kappa shape index (κ1) is 26.5. The van der Waals surface area contributed by atoms with Crippen LogP contribution in [0.2, 0.25) is 0 Å². The third kappa shape index (κ3) is 4.15. The Morgan fingerprint density at radius 3 is 1.75 bits per heavy atom. The molecule has 44 heavy (non-hydrogen) atoms. The van der Waals surface area contributed by atoms with Crippen LogP contribution in [0, 0.1) is 0 Å². The number of pyridine rings is 1. The lowest BCUT2D eigenvalue weighted by atomic mass is 9.73. The van der Waals surface area contributed by atoms with Crippen LogP contribution in [0.1, 0.15) is 55.5 Å². The van der Waals surface area contributed by atoms with Gasteiger partial charge in [-0.2, -0.15) is 0 Å². The number of para-hydroxylation sites is 2. The lowest BCUT2D eigenvalue weighted by molar-refractivity contribution is 0.631. The summed E-state index contributed by atoms with van der Waals surface area (Å²) in [6, 6.07) is 43.3. The van der Waals surface area contributed by atoms with Crippen molar-refractivity contribution in [2.45, 2.75) is 38.5 Å². The van der Waals surface area contributed by atoms with Gasteiger partial charge in [-0.3, -0.25) is 0 Å². The molecule has 4 aromatic carbocycles. The van der Waals surface area contributed by atoms with Gasteiger partial charge in [0.1, 0.15) is 0 Å². The first-order chi connectivity index (χ1) is 21.5. The van der Waals surface area contributed by atoms with Gasteiger partial charge in [0, 0.05) is 34.0 Å². The first-order valence-corrected chi connectivity index (χ1v) is 15.5. The molecule has 0 saturated carbocycles. The van der Waals surface area contributed by atoms with Gasteiger partial charge in [0.05, 0.1) is 34.1 Å². The Balaban J connectivity index is 1.39. The molecule has 1 aliphatic carbocycles. The maximum atomic E-state index is 5.16. The van der Waals surface area contributed by atoms with Gasteiger partial charge in [0.15, 0.2) is 0 Å². The Bertz CT molecular complexity index is 1920. The number of hydrogen-bond donors (Lipinski definition) is 0. The molecule has 0 amide bonds. The highest BCUT2D eigenvalue weighted by molar-refractivity contribution is 5.89. The average Bonchev–Trinajstić information content (AvgIpc) is 3.46. The number of rotatable bonds is 4. The number of anilines is 3. The van der Waals surface area contributed by atoms with E-state index < -0.39 is 0 Å². The monoisotopic (exact) mass is 569 g/mol. The molecule has 2 aliphatic rings. The minimum absolute atomic E-state index is 0.0991. The second kappa shape index (κ2) is 10.2. The summed E-state index contributed by atoms with van der Waals surface area (Å²) in [5.41, 5.74) is 14.2. The third-order valence-electron chi connectivity index (χ3n) is 9.43. The summed E-state index contributed by atoms with van der Waals surface area (Å²) in [5, 5.41) is 0. The van der Waals surface area contributed by atoms with Crippen molar-refractivity contribution in [3.8, 4) is 28.2 Å². The number of allylic oxidation sites excluding steroid dienone is 1. The SMILES string of the molecule is CC1CC=Cc2c1c(N1c3ccccc3C(C)(C)c3ccccc31)cn2-c1cc(-c2ccccc2)nc(-c2ccccc2)c1. The summed E-state index contributed by atoms with van der Waals surface area (Å²) in [5.74, 6) is 0.379. The molecule has 6 aromatic rings. The van der Waals surface area contributed by atoms with Gasteiger partial charge >= 0.3 is 0 Å². The van der Waals surface area contributed by atoms with Crippen LogP contribution in [0.4, 0.5) is 17.1 Å². The normalized spacial score (nSPS) is 16.2. The Morgan fingerprint density at radius 1 is 0.659 bits per heavy atom. The fraction of sp³-hybridized carbons (Fsp3) is 0.146. The van der Waals surface area contributed by atoms with E-state index >= 15 is 0 Å². The van der Waals surface area contributed by atoms with Gasteiger partial charge in [-0.05, 0) is 53.8 Å². The molecule has 3 heterocycles.